The maximum Gasteiger partial charge on any atom is 0.0737 e. The first-order valence-corrected chi connectivity index (χ1v) is 12.2. The summed E-state index contributed by atoms with van der Waals surface area (Å²) in [6.45, 7) is 0. The molecule has 5 heteroatoms. The van der Waals surface area contributed by atoms with Crippen LogP contribution in [0.15, 0.2) is 91.0 Å². The summed E-state index contributed by atoms with van der Waals surface area (Å²) >= 11 is 0. The summed E-state index contributed by atoms with van der Waals surface area (Å²) in [6, 6.07) is 30.7. The average molecular weight is 478 g/mol. The lowest BCUT2D eigenvalue weighted by Crippen LogP contribution is -1.92. The topological polar surface area (TPSA) is 83.4 Å². The van der Waals surface area contributed by atoms with Crippen LogP contribution in [0.1, 0.15) is 22.8 Å². The zero-order chi connectivity index (χ0) is 24.8. The first-order valence-electron chi connectivity index (χ1n) is 12.2. The number of hydrogen-bond acceptors (Lipinski definition) is 3. The van der Waals surface area contributed by atoms with E-state index in [0.29, 0.717) is 5.69 Å². The van der Waals surface area contributed by atoms with Crippen molar-refractivity contribution < 1.29 is 0 Å². The van der Waals surface area contributed by atoms with Crippen LogP contribution in [0.5, 0.6) is 0 Å². The van der Waals surface area contributed by atoms with Gasteiger partial charge in [-0.2, -0.15) is 0 Å². The van der Waals surface area contributed by atoms with E-state index >= 15 is 0 Å². The molecule has 2 aliphatic heterocycles. The molecule has 5 aromatic rings. The van der Waals surface area contributed by atoms with Gasteiger partial charge in [0.15, 0.2) is 0 Å². The number of H-pyrrole nitrogens is 2. The SMILES string of the molecule is Nc1ccccc1-c1c2nc(cc3ccc([nH]3)c(-c3ccccc3)c3nc(cc4ccc1[nH]4)C=C3)C=C2. The molecule has 4 N–H and O–H groups in total. The van der Waals surface area contributed by atoms with Gasteiger partial charge >= 0.3 is 0 Å². The van der Waals surface area contributed by atoms with E-state index in [9.17, 15) is 0 Å². The fraction of sp³-hybridized carbons (Fsp3) is 0. The summed E-state index contributed by atoms with van der Waals surface area (Å²) < 4.78 is 0. The highest BCUT2D eigenvalue weighted by molar-refractivity contribution is 5.95. The normalized spacial score (nSPS) is 12.2. The Morgan fingerprint density at radius 2 is 1.11 bits per heavy atom. The van der Waals surface area contributed by atoms with Crippen molar-refractivity contribution in [3.8, 4) is 22.3 Å². The third kappa shape index (κ3) is 3.83. The number of nitrogens with two attached hydrogens (primary N) is 1. The number of nitrogens with zero attached hydrogens (tertiary/aromatic N) is 2. The number of para-hydroxylation sites is 1. The molecular formula is C32H23N5. The Balaban J connectivity index is 1.59. The van der Waals surface area contributed by atoms with Crippen LogP contribution in [-0.2, 0) is 0 Å². The summed E-state index contributed by atoms with van der Waals surface area (Å²) in [5.41, 5.74) is 18.6. The van der Waals surface area contributed by atoms with E-state index in [2.05, 4.69) is 82.8 Å². The molecule has 2 aliphatic rings. The van der Waals surface area contributed by atoms with Crippen molar-refractivity contribution in [3.05, 3.63) is 114 Å². The molecule has 5 heterocycles. The number of fused-ring (bicyclic) bond motifs is 8. The summed E-state index contributed by atoms with van der Waals surface area (Å²) in [4.78, 5) is 17.1. The fourth-order valence-electron chi connectivity index (χ4n) is 4.99. The Labute approximate surface area is 213 Å². The third-order valence-corrected chi connectivity index (χ3v) is 6.69. The smallest absolute Gasteiger partial charge is 0.0737 e. The van der Waals surface area contributed by atoms with Gasteiger partial charge in [-0.3, -0.25) is 0 Å². The van der Waals surface area contributed by atoms with Crippen LogP contribution in [0.4, 0.5) is 5.69 Å². The Bertz CT molecular complexity index is 1890. The standard InChI is InChI=1S/C32H23N5/c33-26-9-5-4-8-25(26)32-29-16-12-23(36-29)18-21-10-14-27(34-21)31(20-6-2-1-3-7-20)28-15-11-22(35-28)19-24-13-17-30(32)37-24/h1-19,34,37H,33H2. The highest BCUT2D eigenvalue weighted by atomic mass is 14.8. The number of aromatic amines is 2. The van der Waals surface area contributed by atoms with Crippen molar-refractivity contribution in [2.75, 3.05) is 5.73 Å². The Kier molecular flexibility index (Phi) is 4.86. The molecule has 7 rings (SSSR count). The molecule has 8 bridgehead atoms. The van der Waals surface area contributed by atoms with E-state index in [0.717, 1.165) is 67.1 Å². The fourth-order valence-corrected chi connectivity index (χ4v) is 4.99. The Hall–Kier alpha value is -5.16. The van der Waals surface area contributed by atoms with Crippen LogP contribution in [0, 0.1) is 0 Å². The highest BCUT2D eigenvalue weighted by Gasteiger charge is 2.14. The van der Waals surface area contributed by atoms with Crippen molar-refractivity contribution in [2.24, 2.45) is 0 Å². The quantitative estimate of drug-likeness (QED) is 0.225. The molecule has 0 saturated carbocycles. The summed E-state index contributed by atoms with van der Waals surface area (Å²) in [7, 11) is 0. The van der Waals surface area contributed by atoms with Gasteiger partial charge in [0.25, 0.3) is 0 Å². The van der Waals surface area contributed by atoms with Crippen molar-refractivity contribution >= 4 is 52.1 Å². The lowest BCUT2D eigenvalue weighted by Gasteiger charge is -2.07. The second kappa shape index (κ2) is 8.50. The average Bonchev–Trinajstić information content (AvgIpc) is 3.72. The van der Waals surface area contributed by atoms with Gasteiger partial charge < -0.3 is 15.7 Å². The molecule has 0 fully saturated rings. The largest absolute Gasteiger partial charge is 0.398 e. The molecule has 0 atom stereocenters. The number of anilines is 1. The van der Waals surface area contributed by atoms with Crippen molar-refractivity contribution in [3.63, 3.8) is 0 Å². The molecule has 37 heavy (non-hydrogen) atoms. The van der Waals surface area contributed by atoms with Gasteiger partial charge in [0.2, 0.25) is 0 Å². The van der Waals surface area contributed by atoms with Crippen LogP contribution in [0.25, 0.3) is 68.6 Å². The van der Waals surface area contributed by atoms with E-state index in [-0.39, 0.29) is 0 Å². The lowest BCUT2D eigenvalue weighted by atomic mass is 10.0. The molecule has 0 aliphatic carbocycles. The van der Waals surface area contributed by atoms with Crippen LogP contribution >= 0.6 is 0 Å². The Morgan fingerprint density at radius 1 is 0.541 bits per heavy atom. The molecular weight excluding hydrogens is 454 g/mol. The van der Waals surface area contributed by atoms with Crippen LogP contribution in [0.2, 0.25) is 0 Å². The van der Waals surface area contributed by atoms with Gasteiger partial charge in [-0.15, -0.1) is 0 Å². The summed E-state index contributed by atoms with van der Waals surface area (Å²) in [5.74, 6) is 0. The van der Waals surface area contributed by atoms with Gasteiger partial charge in [0, 0.05) is 44.4 Å². The van der Waals surface area contributed by atoms with Crippen LogP contribution in [-0.4, -0.2) is 19.9 Å². The number of nitrogen functional groups attached to an aromatic ring is 1. The minimum absolute atomic E-state index is 0.709. The summed E-state index contributed by atoms with van der Waals surface area (Å²) in [6.07, 6.45) is 8.21. The van der Waals surface area contributed by atoms with Crippen LogP contribution in [0.3, 0.4) is 0 Å². The second-order valence-corrected chi connectivity index (χ2v) is 9.16. The number of rotatable bonds is 2. The minimum atomic E-state index is 0.709. The number of hydrogen-bond donors (Lipinski definition) is 3. The molecule has 3 aromatic heterocycles. The molecule has 176 valence electrons. The number of aromatic nitrogens is 4. The van der Waals surface area contributed by atoms with Crippen molar-refractivity contribution in [2.45, 2.75) is 0 Å². The van der Waals surface area contributed by atoms with E-state index in [1.807, 2.05) is 42.5 Å². The monoisotopic (exact) mass is 477 g/mol. The zero-order valence-electron chi connectivity index (χ0n) is 19.9. The summed E-state index contributed by atoms with van der Waals surface area (Å²) in [5, 5.41) is 0. The Morgan fingerprint density at radius 3 is 1.76 bits per heavy atom. The van der Waals surface area contributed by atoms with Crippen molar-refractivity contribution in [1.29, 1.82) is 0 Å². The predicted molar refractivity (Wildman–Crippen MR) is 154 cm³/mol. The molecule has 0 saturated heterocycles. The highest BCUT2D eigenvalue weighted by Crippen LogP contribution is 2.34. The number of nitrogens with one attached hydrogen (secondary N) is 2. The van der Waals surface area contributed by atoms with Crippen LogP contribution < -0.4 is 5.73 Å². The van der Waals surface area contributed by atoms with E-state index in [1.165, 1.54) is 0 Å². The molecule has 5 nitrogen and oxygen atoms in total. The minimum Gasteiger partial charge on any atom is -0.398 e. The molecule has 0 radical (unpaired) electrons. The maximum absolute atomic E-state index is 6.42. The predicted octanol–water partition coefficient (Wildman–Crippen LogP) is 7.57. The van der Waals surface area contributed by atoms with Gasteiger partial charge in [0.05, 0.1) is 22.8 Å². The van der Waals surface area contributed by atoms with E-state index < -0.39 is 0 Å². The van der Waals surface area contributed by atoms with Gasteiger partial charge in [-0.25, -0.2) is 9.97 Å². The van der Waals surface area contributed by atoms with Gasteiger partial charge in [-0.05, 0) is 72.3 Å². The molecule has 2 aromatic carbocycles. The van der Waals surface area contributed by atoms with Gasteiger partial charge in [-0.1, -0.05) is 48.5 Å². The maximum atomic E-state index is 6.42. The zero-order valence-corrected chi connectivity index (χ0v) is 19.9. The molecule has 0 spiro atoms. The first-order chi connectivity index (χ1) is 18.2. The molecule has 0 unspecified atom stereocenters. The van der Waals surface area contributed by atoms with Gasteiger partial charge in [0.1, 0.15) is 0 Å². The van der Waals surface area contributed by atoms with E-state index in [4.69, 9.17) is 15.7 Å². The lowest BCUT2D eigenvalue weighted by molar-refractivity contribution is 1.31. The van der Waals surface area contributed by atoms with Crippen molar-refractivity contribution in [1.82, 2.24) is 19.9 Å². The second-order valence-electron chi connectivity index (χ2n) is 9.16. The third-order valence-electron chi connectivity index (χ3n) is 6.69. The number of benzene rings is 2. The first kappa shape index (κ1) is 21.1. The van der Waals surface area contributed by atoms with E-state index in [1.54, 1.807) is 0 Å². The molecule has 0 amide bonds.